The topological polar surface area (TPSA) is 64.3 Å². The van der Waals surface area contributed by atoms with E-state index in [1.165, 1.54) is 11.8 Å². The van der Waals surface area contributed by atoms with E-state index in [0.29, 0.717) is 10.7 Å². The van der Waals surface area contributed by atoms with Crippen LogP contribution in [0.2, 0.25) is 0 Å². The molecule has 100 valence electrons. The van der Waals surface area contributed by atoms with Crippen molar-refractivity contribution in [2.24, 2.45) is 7.05 Å². The van der Waals surface area contributed by atoms with Gasteiger partial charge in [0.25, 0.3) is 0 Å². The van der Waals surface area contributed by atoms with Crippen molar-refractivity contribution in [3.63, 3.8) is 0 Å². The normalized spacial score (nSPS) is 10.5. The van der Waals surface area contributed by atoms with Gasteiger partial charge in [0.15, 0.2) is 0 Å². The van der Waals surface area contributed by atoms with Crippen molar-refractivity contribution >= 4 is 17.7 Å². The highest BCUT2D eigenvalue weighted by atomic mass is 32.2. The van der Waals surface area contributed by atoms with Crippen molar-refractivity contribution in [1.82, 2.24) is 9.78 Å². The largest absolute Gasteiger partial charge is 0.497 e. The van der Waals surface area contributed by atoms with Crippen LogP contribution >= 0.6 is 11.8 Å². The number of aryl methyl sites for hydroxylation is 2. The number of aromatic nitrogens is 2. The number of rotatable bonds is 4. The van der Waals surface area contributed by atoms with Crippen molar-refractivity contribution in [2.75, 3.05) is 7.11 Å². The fraction of sp³-hybridized carbons (Fsp3) is 0.231. The van der Waals surface area contributed by atoms with Crippen LogP contribution in [0.5, 0.6) is 5.75 Å². The van der Waals surface area contributed by atoms with E-state index in [2.05, 4.69) is 5.10 Å². The Morgan fingerprint density at radius 2 is 2.00 bits per heavy atom. The minimum Gasteiger partial charge on any atom is -0.497 e. The van der Waals surface area contributed by atoms with Crippen LogP contribution in [0.4, 0.5) is 0 Å². The SMILES string of the molecule is COc1ccc(Sc2c(C(=O)O)c(C)nn2C)cc1. The van der Waals surface area contributed by atoms with E-state index in [4.69, 9.17) is 4.74 Å². The lowest BCUT2D eigenvalue weighted by molar-refractivity contribution is 0.0692. The number of nitrogens with zero attached hydrogens (tertiary/aromatic N) is 2. The molecule has 5 nitrogen and oxygen atoms in total. The predicted octanol–water partition coefficient (Wildman–Crippen LogP) is 2.59. The van der Waals surface area contributed by atoms with Gasteiger partial charge < -0.3 is 9.84 Å². The van der Waals surface area contributed by atoms with Gasteiger partial charge in [-0.2, -0.15) is 5.10 Å². The lowest BCUT2D eigenvalue weighted by atomic mass is 10.3. The van der Waals surface area contributed by atoms with Crippen LogP contribution in [0.1, 0.15) is 16.1 Å². The Bertz CT molecular complexity index is 605. The molecule has 1 N–H and O–H groups in total. The maximum atomic E-state index is 11.3. The Morgan fingerprint density at radius 3 is 2.53 bits per heavy atom. The second-order valence-electron chi connectivity index (χ2n) is 3.97. The van der Waals surface area contributed by atoms with E-state index in [0.717, 1.165) is 10.6 Å². The Morgan fingerprint density at radius 1 is 1.37 bits per heavy atom. The third-order valence-electron chi connectivity index (χ3n) is 2.66. The molecule has 19 heavy (non-hydrogen) atoms. The van der Waals surface area contributed by atoms with Gasteiger partial charge in [-0.15, -0.1) is 0 Å². The summed E-state index contributed by atoms with van der Waals surface area (Å²) in [4.78, 5) is 12.2. The zero-order chi connectivity index (χ0) is 14.0. The Kier molecular flexibility index (Phi) is 3.80. The maximum absolute atomic E-state index is 11.3. The van der Waals surface area contributed by atoms with E-state index in [9.17, 15) is 9.90 Å². The van der Waals surface area contributed by atoms with E-state index >= 15 is 0 Å². The van der Waals surface area contributed by atoms with Gasteiger partial charge in [-0.25, -0.2) is 4.79 Å². The summed E-state index contributed by atoms with van der Waals surface area (Å²) in [6.45, 7) is 1.70. The van der Waals surface area contributed by atoms with Crippen LogP contribution in [0.3, 0.4) is 0 Å². The van der Waals surface area contributed by atoms with Gasteiger partial charge in [-0.1, -0.05) is 11.8 Å². The fourth-order valence-electron chi connectivity index (χ4n) is 1.76. The van der Waals surface area contributed by atoms with Gasteiger partial charge >= 0.3 is 5.97 Å². The van der Waals surface area contributed by atoms with Crippen LogP contribution in [-0.4, -0.2) is 28.0 Å². The zero-order valence-corrected chi connectivity index (χ0v) is 11.7. The number of ether oxygens (including phenoxy) is 1. The first kappa shape index (κ1) is 13.5. The number of carboxylic acid groups (broad SMARTS) is 1. The molecule has 0 saturated heterocycles. The Hall–Kier alpha value is -1.95. The molecule has 1 aromatic carbocycles. The van der Waals surface area contributed by atoms with Crippen LogP contribution in [0.25, 0.3) is 0 Å². The average molecular weight is 278 g/mol. The summed E-state index contributed by atoms with van der Waals surface area (Å²) in [7, 11) is 3.35. The summed E-state index contributed by atoms with van der Waals surface area (Å²) in [6, 6.07) is 7.45. The molecule has 0 aliphatic carbocycles. The average Bonchev–Trinajstić information content (AvgIpc) is 2.65. The summed E-state index contributed by atoms with van der Waals surface area (Å²) in [6.07, 6.45) is 0. The van der Waals surface area contributed by atoms with Crippen molar-refractivity contribution in [1.29, 1.82) is 0 Å². The first-order valence-electron chi connectivity index (χ1n) is 5.61. The minimum absolute atomic E-state index is 0.253. The maximum Gasteiger partial charge on any atom is 0.340 e. The van der Waals surface area contributed by atoms with E-state index in [1.54, 1.807) is 25.8 Å². The van der Waals surface area contributed by atoms with Crippen LogP contribution in [-0.2, 0) is 7.05 Å². The van der Waals surface area contributed by atoms with Crippen molar-refractivity contribution in [3.05, 3.63) is 35.5 Å². The van der Waals surface area contributed by atoms with Gasteiger partial charge in [0.05, 0.1) is 12.8 Å². The van der Waals surface area contributed by atoms with Crippen LogP contribution in [0, 0.1) is 6.92 Å². The molecule has 0 spiro atoms. The molecule has 0 radical (unpaired) electrons. The third-order valence-corrected chi connectivity index (χ3v) is 3.83. The number of carboxylic acids is 1. The quantitative estimate of drug-likeness (QED) is 0.931. The molecule has 1 heterocycles. The van der Waals surface area contributed by atoms with Crippen molar-refractivity contribution < 1.29 is 14.6 Å². The smallest absolute Gasteiger partial charge is 0.340 e. The molecule has 2 aromatic rings. The molecule has 0 amide bonds. The summed E-state index contributed by atoms with van der Waals surface area (Å²) in [5.41, 5.74) is 0.773. The predicted molar refractivity (Wildman–Crippen MR) is 72.0 cm³/mol. The summed E-state index contributed by atoms with van der Waals surface area (Å²) in [5.74, 6) is -0.189. The Labute approximate surface area is 115 Å². The van der Waals surface area contributed by atoms with Crippen LogP contribution < -0.4 is 4.74 Å². The van der Waals surface area contributed by atoms with E-state index in [1.807, 2.05) is 24.3 Å². The highest BCUT2D eigenvalue weighted by Crippen LogP contribution is 2.32. The monoisotopic (exact) mass is 278 g/mol. The van der Waals surface area contributed by atoms with Crippen LogP contribution in [0.15, 0.2) is 34.2 Å². The van der Waals surface area contributed by atoms with Gasteiger partial charge in [0.1, 0.15) is 16.3 Å². The fourth-order valence-corrected chi connectivity index (χ4v) is 2.76. The molecule has 0 bridgehead atoms. The third kappa shape index (κ3) is 2.73. The van der Waals surface area contributed by atoms with Crippen molar-refractivity contribution in [3.8, 4) is 5.75 Å². The highest BCUT2D eigenvalue weighted by Gasteiger charge is 2.20. The first-order chi connectivity index (χ1) is 9.02. The summed E-state index contributed by atoms with van der Waals surface area (Å²) >= 11 is 1.37. The minimum atomic E-state index is -0.957. The molecule has 0 unspecified atom stereocenters. The molecular weight excluding hydrogens is 264 g/mol. The number of aromatic carboxylic acids is 1. The summed E-state index contributed by atoms with van der Waals surface area (Å²) in [5, 5.41) is 14.0. The van der Waals surface area contributed by atoms with Gasteiger partial charge in [-0.3, -0.25) is 4.68 Å². The van der Waals surface area contributed by atoms with Crippen molar-refractivity contribution in [2.45, 2.75) is 16.8 Å². The van der Waals surface area contributed by atoms with Gasteiger partial charge in [-0.05, 0) is 31.2 Å². The molecule has 0 aliphatic rings. The molecule has 0 saturated carbocycles. The number of benzene rings is 1. The lowest BCUT2D eigenvalue weighted by Gasteiger charge is -2.05. The van der Waals surface area contributed by atoms with Gasteiger partial charge in [0, 0.05) is 11.9 Å². The second-order valence-corrected chi connectivity index (χ2v) is 5.03. The standard InChI is InChI=1S/C13H14N2O3S/c1-8-11(13(16)17)12(15(2)14-8)19-10-6-4-9(18-3)5-7-10/h4-7H,1-3H3,(H,16,17). The number of carbonyl (C=O) groups is 1. The number of methoxy groups -OCH3 is 1. The molecule has 2 rings (SSSR count). The van der Waals surface area contributed by atoms with E-state index in [-0.39, 0.29) is 5.56 Å². The lowest BCUT2D eigenvalue weighted by Crippen LogP contribution is -2.00. The summed E-state index contributed by atoms with van der Waals surface area (Å²) < 4.78 is 6.68. The molecule has 1 aromatic heterocycles. The molecule has 0 aliphatic heterocycles. The first-order valence-corrected chi connectivity index (χ1v) is 6.43. The highest BCUT2D eigenvalue weighted by molar-refractivity contribution is 7.99. The second kappa shape index (κ2) is 5.36. The molecule has 6 heteroatoms. The molecule has 0 atom stereocenters. The Balaban J connectivity index is 2.34. The van der Waals surface area contributed by atoms with Gasteiger partial charge in [0.2, 0.25) is 0 Å². The number of hydrogen-bond donors (Lipinski definition) is 1. The molecular formula is C13H14N2O3S. The zero-order valence-electron chi connectivity index (χ0n) is 10.9. The molecule has 0 fully saturated rings. The number of hydrogen-bond acceptors (Lipinski definition) is 4. The van der Waals surface area contributed by atoms with E-state index < -0.39 is 5.97 Å².